The number of anilines is 1. The molecule has 0 aliphatic carbocycles. The van der Waals surface area contributed by atoms with Crippen LogP contribution in [0.5, 0.6) is 0 Å². The fraction of sp³-hybridized carbons (Fsp3) is 0.462. The Labute approximate surface area is 110 Å². The summed E-state index contributed by atoms with van der Waals surface area (Å²) >= 11 is 3.46. The number of β-amino-alcohol motifs (C(OH)–C–C–N with tert-alkyl or cyclic N) is 1. The molecular formula is C13H15BrN2O. The Morgan fingerprint density at radius 2 is 2.12 bits per heavy atom. The van der Waals surface area contributed by atoms with Crippen molar-refractivity contribution in [3.05, 3.63) is 28.2 Å². The molecular weight excluding hydrogens is 280 g/mol. The maximum absolute atomic E-state index is 10.2. The van der Waals surface area contributed by atoms with Crippen LogP contribution in [0, 0.1) is 17.2 Å². The third-order valence-corrected chi connectivity index (χ3v) is 4.06. The van der Waals surface area contributed by atoms with Gasteiger partial charge in [0.05, 0.1) is 17.3 Å². The molecule has 0 saturated carbocycles. The molecule has 1 aliphatic rings. The summed E-state index contributed by atoms with van der Waals surface area (Å²) in [5.41, 5.74) is 1.10. The van der Waals surface area contributed by atoms with E-state index in [1.807, 2.05) is 26.0 Å². The van der Waals surface area contributed by atoms with E-state index in [1.165, 1.54) is 0 Å². The molecule has 0 radical (unpaired) electrons. The average molecular weight is 295 g/mol. The van der Waals surface area contributed by atoms with Gasteiger partial charge in [-0.2, -0.15) is 5.26 Å². The van der Waals surface area contributed by atoms with Crippen LogP contribution >= 0.6 is 15.9 Å². The number of nitriles is 1. The van der Waals surface area contributed by atoms with Crippen LogP contribution in [0.25, 0.3) is 0 Å². The van der Waals surface area contributed by atoms with Crippen LogP contribution in [0.3, 0.4) is 0 Å². The van der Waals surface area contributed by atoms with Gasteiger partial charge in [-0.15, -0.1) is 0 Å². The zero-order valence-corrected chi connectivity index (χ0v) is 11.5. The van der Waals surface area contributed by atoms with Gasteiger partial charge in [0.15, 0.2) is 0 Å². The Morgan fingerprint density at radius 3 is 2.59 bits per heavy atom. The van der Waals surface area contributed by atoms with E-state index in [0.717, 1.165) is 10.2 Å². The summed E-state index contributed by atoms with van der Waals surface area (Å²) in [6.07, 6.45) is 0. The lowest BCUT2D eigenvalue weighted by atomic mass is 9.82. The molecule has 0 aromatic heterocycles. The predicted octanol–water partition coefficient (Wildman–Crippen LogP) is 2.53. The first kappa shape index (κ1) is 12.4. The van der Waals surface area contributed by atoms with Crippen molar-refractivity contribution < 1.29 is 5.11 Å². The van der Waals surface area contributed by atoms with Crippen molar-refractivity contribution in [2.45, 2.75) is 19.4 Å². The van der Waals surface area contributed by atoms with Crippen LogP contribution < -0.4 is 4.90 Å². The van der Waals surface area contributed by atoms with Gasteiger partial charge in [0.25, 0.3) is 0 Å². The molecule has 1 aromatic rings. The molecule has 1 aromatic carbocycles. The fourth-order valence-corrected chi connectivity index (χ4v) is 2.61. The SMILES string of the molecule is CC(C)C1(O)CN(c2ccc(C#N)cc2Br)C1. The smallest absolute Gasteiger partial charge is 0.102 e. The van der Waals surface area contributed by atoms with E-state index in [4.69, 9.17) is 5.26 Å². The van der Waals surface area contributed by atoms with Crippen LogP contribution in [0.15, 0.2) is 22.7 Å². The summed E-state index contributed by atoms with van der Waals surface area (Å²) in [7, 11) is 0. The first-order valence-corrected chi connectivity index (χ1v) is 6.42. The Morgan fingerprint density at radius 1 is 1.47 bits per heavy atom. The zero-order chi connectivity index (χ0) is 12.6. The lowest BCUT2D eigenvalue weighted by molar-refractivity contribution is -0.0301. The summed E-state index contributed by atoms with van der Waals surface area (Å²) in [6.45, 7) is 5.36. The van der Waals surface area contributed by atoms with Crippen LogP contribution in [0.4, 0.5) is 5.69 Å². The van der Waals surface area contributed by atoms with Crippen LogP contribution in [0.2, 0.25) is 0 Å². The molecule has 17 heavy (non-hydrogen) atoms. The first-order chi connectivity index (χ1) is 7.96. The van der Waals surface area contributed by atoms with Crippen LogP contribution in [0.1, 0.15) is 19.4 Å². The van der Waals surface area contributed by atoms with Crippen molar-refractivity contribution in [2.75, 3.05) is 18.0 Å². The molecule has 1 heterocycles. The van der Waals surface area contributed by atoms with E-state index < -0.39 is 5.60 Å². The Bertz CT molecular complexity index is 473. The number of benzene rings is 1. The van der Waals surface area contributed by atoms with Crippen molar-refractivity contribution in [3.63, 3.8) is 0 Å². The molecule has 1 fully saturated rings. The van der Waals surface area contributed by atoms with Gasteiger partial charge in [-0.3, -0.25) is 0 Å². The number of rotatable bonds is 2. The van der Waals surface area contributed by atoms with Gasteiger partial charge in [-0.1, -0.05) is 13.8 Å². The quantitative estimate of drug-likeness (QED) is 0.912. The summed E-state index contributed by atoms with van der Waals surface area (Å²) in [4.78, 5) is 2.12. The monoisotopic (exact) mass is 294 g/mol. The number of aliphatic hydroxyl groups is 1. The molecule has 3 nitrogen and oxygen atoms in total. The van der Waals surface area contributed by atoms with E-state index in [1.54, 1.807) is 6.07 Å². The Kier molecular flexibility index (Phi) is 3.15. The minimum Gasteiger partial charge on any atom is -0.386 e. The third kappa shape index (κ3) is 2.18. The molecule has 0 bridgehead atoms. The van der Waals surface area contributed by atoms with Crippen molar-refractivity contribution in [1.82, 2.24) is 0 Å². The second-order valence-corrected chi connectivity index (χ2v) is 5.75. The van der Waals surface area contributed by atoms with E-state index >= 15 is 0 Å². The van der Waals surface area contributed by atoms with Gasteiger partial charge in [-0.05, 0) is 40.0 Å². The number of hydrogen-bond acceptors (Lipinski definition) is 3. The summed E-state index contributed by atoms with van der Waals surface area (Å²) < 4.78 is 0.905. The number of nitrogens with zero attached hydrogens (tertiary/aromatic N) is 2. The highest BCUT2D eigenvalue weighted by Crippen LogP contribution is 2.36. The summed E-state index contributed by atoms with van der Waals surface area (Å²) in [6, 6.07) is 7.63. The topological polar surface area (TPSA) is 47.3 Å². The molecule has 4 heteroatoms. The van der Waals surface area contributed by atoms with Gasteiger partial charge in [0, 0.05) is 17.6 Å². The van der Waals surface area contributed by atoms with Crippen LogP contribution in [-0.4, -0.2) is 23.8 Å². The second-order valence-electron chi connectivity index (χ2n) is 4.89. The van der Waals surface area contributed by atoms with Gasteiger partial charge in [-0.25, -0.2) is 0 Å². The van der Waals surface area contributed by atoms with E-state index in [2.05, 4.69) is 26.9 Å². The van der Waals surface area contributed by atoms with E-state index in [9.17, 15) is 5.11 Å². The number of halogens is 1. The normalized spacial score (nSPS) is 17.8. The highest BCUT2D eigenvalue weighted by atomic mass is 79.9. The minimum absolute atomic E-state index is 0.260. The van der Waals surface area contributed by atoms with E-state index in [-0.39, 0.29) is 5.92 Å². The molecule has 0 atom stereocenters. The fourth-order valence-electron chi connectivity index (χ4n) is 1.98. The van der Waals surface area contributed by atoms with E-state index in [0.29, 0.717) is 18.7 Å². The van der Waals surface area contributed by atoms with Crippen molar-refractivity contribution in [2.24, 2.45) is 5.92 Å². The minimum atomic E-state index is -0.576. The van der Waals surface area contributed by atoms with Crippen molar-refractivity contribution >= 4 is 21.6 Å². The zero-order valence-electron chi connectivity index (χ0n) is 9.94. The van der Waals surface area contributed by atoms with Crippen molar-refractivity contribution in [1.29, 1.82) is 5.26 Å². The predicted molar refractivity (Wildman–Crippen MR) is 70.9 cm³/mol. The lowest BCUT2D eigenvalue weighted by Crippen LogP contribution is -2.64. The van der Waals surface area contributed by atoms with Gasteiger partial charge < -0.3 is 10.0 Å². The average Bonchev–Trinajstić information content (AvgIpc) is 2.24. The number of hydrogen-bond donors (Lipinski definition) is 1. The molecule has 0 unspecified atom stereocenters. The molecule has 2 rings (SSSR count). The molecule has 1 aliphatic heterocycles. The summed E-state index contributed by atoms with van der Waals surface area (Å²) in [5.74, 6) is 0.260. The standard InChI is InChI=1S/C13H15BrN2O/c1-9(2)13(17)7-16(8-13)12-4-3-10(6-15)5-11(12)14/h3-5,9,17H,7-8H2,1-2H3. The largest absolute Gasteiger partial charge is 0.386 e. The highest BCUT2D eigenvalue weighted by molar-refractivity contribution is 9.10. The van der Waals surface area contributed by atoms with Crippen molar-refractivity contribution in [3.8, 4) is 6.07 Å². The first-order valence-electron chi connectivity index (χ1n) is 5.63. The molecule has 1 N–H and O–H groups in total. The van der Waals surface area contributed by atoms with Gasteiger partial charge >= 0.3 is 0 Å². The molecule has 90 valence electrons. The molecule has 0 amide bonds. The third-order valence-electron chi connectivity index (χ3n) is 3.42. The highest BCUT2D eigenvalue weighted by Gasteiger charge is 2.44. The summed E-state index contributed by atoms with van der Waals surface area (Å²) in [5, 5.41) is 19.0. The Balaban J connectivity index is 2.15. The van der Waals surface area contributed by atoms with Gasteiger partial charge in [0.2, 0.25) is 0 Å². The van der Waals surface area contributed by atoms with Crippen LogP contribution in [-0.2, 0) is 0 Å². The Hall–Kier alpha value is -1.05. The maximum atomic E-state index is 10.2. The lowest BCUT2D eigenvalue weighted by Gasteiger charge is -2.50. The molecule has 0 spiro atoms. The second kappa shape index (κ2) is 4.32. The molecule has 1 saturated heterocycles. The maximum Gasteiger partial charge on any atom is 0.102 e. The van der Waals surface area contributed by atoms with Gasteiger partial charge in [0.1, 0.15) is 5.60 Å².